The summed E-state index contributed by atoms with van der Waals surface area (Å²) < 4.78 is 0. The number of carbonyl (C=O) groups is 1. The third-order valence-electron chi connectivity index (χ3n) is 2.99. The van der Waals surface area contributed by atoms with Gasteiger partial charge in [-0.2, -0.15) is 0 Å². The van der Waals surface area contributed by atoms with Gasteiger partial charge < -0.3 is 5.11 Å². The Morgan fingerprint density at radius 2 is 2.00 bits per heavy atom. The van der Waals surface area contributed by atoms with Crippen LogP contribution in [0.2, 0.25) is 5.02 Å². The molecule has 0 radical (unpaired) electrons. The molecule has 2 aromatic carbocycles. The third-order valence-corrected chi connectivity index (χ3v) is 3.22. The second-order valence-electron chi connectivity index (χ2n) is 4.45. The summed E-state index contributed by atoms with van der Waals surface area (Å²) in [5.74, 6) is -0.937. The molecule has 3 heteroatoms. The van der Waals surface area contributed by atoms with Crippen LogP contribution in [0.5, 0.6) is 0 Å². The first kappa shape index (κ1) is 13.6. The molecule has 2 rings (SSSR count). The van der Waals surface area contributed by atoms with Gasteiger partial charge in [-0.25, -0.2) is 4.79 Å². The van der Waals surface area contributed by atoms with E-state index in [2.05, 4.69) is 13.0 Å². The molecular formula is C16H15ClO2. The van der Waals surface area contributed by atoms with E-state index in [9.17, 15) is 9.90 Å². The fourth-order valence-electron chi connectivity index (χ4n) is 2.12. The van der Waals surface area contributed by atoms with E-state index in [0.29, 0.717) is 10.6 Å². The van der Waals surface area contributed by atoms with E-state index in [1.807, 2.05) is 18.2 Å². The summed E-state index contributed by atoms with van der Waals surface area (Å²) in [6, 6.07) is 12.8. The Morgan fingerprint density at radius 3 is 2.68 bits per heavy atom. The molecule has 2 aromatic rings. The summed E-state index contributed by atoms with van der Waals surface area (Å²) in [5, 5.41) is 9.79. The molecule has 0 atom stereocenters. The lowest BCUT2D eigenvalue weighted by Gasteiger charge is -2.09. The zero-order valence-corrected chi connectivity index (χ0v) is 11.4. The van der Waals surface area contributed by atoms with Crippen molar-refractivity contribution in [1.29, 1.82) is 0 Å². The highest BCUT2D eigenvalue weighted by Gasteiger charge is 2.12. The van der Waals surface area contributed by atoms with Crippen LogP contribution in [0.4, 0.5) is 0 Å². The maximum Gasteiger partial charge on any atom is 0.336 e. The normalized spacial score (nSPS) is 10.4. The van der Waals surface area contributed by atoms with Gasteiger partial charge in [0.15, 0.2) is 0 Å². The van der Waals surface area contributed by atoms with E-state index in [0.717, 1.165) is 18.4 Å². The third kappa shape index (κ3) is 3.15. The van der Waals surface area contributed by atoms with Crippen molar-refractivity contribution in [2.24, 2.45) is 0 Å². The van der Waals surface area contributed by atoms with Gasteiger partial charge in [-0.3, -0.25) is 0 Å². The summed E-state index contributed by atoms with van der Waals surface area (Å²) in [4.78, 5) is 11.3. The van der Waals surface area contributed by atoms with E-state index in [4.69, 9.17) is 11.6 Å². The fraction of sp³-hybridized carbons (Fsp3) is 0.188. The zero-order valence-electron chi connectivity index (χ0n) is 10.7. The van der Waals surface area contributed by atoms with Crippen molar-refractivity contribution in [3.8, 4) is 11.1 Å². The second-order valence-corrected chi connectivity index (χ2v) is 4.88. The lowest BCUT2D eigenvalue weighted by atomic mass is 9.97. The summed E-state index contributed by atoms with van der Waals surface area (Å²) in [6.07, 6.45) is 2.04. The molecule has 2 nitrogen and oxygen atoms in total. The first-order chi connectivity index (χ1) is 9.11. The molecule has 0 aliphatic carbocycles. The smallest absolute Gasteiger partial charge is 0.336 e. The summed E-state index contributed by atoms with van der Waals surface area (Å²) in [5.41, 5.74) is 3.04. The molecule has 98 valence electrons. The van der Waals surface area contributed by atoms with Gasteiger partial charge in [0.25, 0.3) is 0 Å². The van der Waals surface area contributed by atoms with Gasteiger partial charge in [-0.15, -0.1) is 0 Å². The van der Waals surface area contributed by atoms with Crippen LogP contribution in [0.1, 0.15) is 29.3 Å². The number of carboxylic acid groups (broad SMARTS) is 1. The standard InChI is InChI=1S/C16H15ClO2/c1-2-4-11-5-3-6-12(9-11)15-10-13(17)7-8-14(15)16(18)19/h3,5-10H,2,4H2,1H3,(H,18,19). The van der Waals surface area contributed by atoms with Crippen LogP contribution >= 0.6 is 11.6 Å². The maximum absolute atomic E-state index is 11.3. The second kappa shape index (κ2) is 5.89. The Balaban J connectivity index is 2.54. The van der Waals surface area contributed by atoms with E-state index in [1.54, 1.807) is 18.2 Å². The molecule has 1 N–H and O–H groups in total. The van der Waals surface area contributed by atoms with Crippen molar-refractivity contribution >= 4 is 17.6 Å². The van der Waals surface area contributed by atoms with E-state index in [-0.39, 0.29) is 5.56 Å². The number of benzene rings is 2. The van der Waals surface area contributed by atoms with Crippen molar-refractivity contribution in [2.75, 3.05) is 0 Å². The fourth-order valence-corrected chi connectivity index (χ4v) is 2.30. The number of carboxylic acids is 1. The number of aromatic carboxylic acids is 1. The van der Waals surface area contributed by atoms with Gasteiger partial charge in [0.1, 0.15) is 0 Å². The summed E-state index contributed by atoms with van der Waals surface area (Å²) in [7, 11) is 0. The van der Waals surface area contributed by atoms with E-state index in [1.165, 1.54) is 5.56 Å². The van der Waals surface area contributed by atoms with Crippen molar-refractivity contribution in [3.05, 3.63) is 58.6 Å². The quantitative estimate of drug-likeness (QED) is 0.880. The van der Waals surface area contributed by atoms with E-state index >= 15 is 0 Å². The highest BCUT2D eigenvalue weighted by atomic mass is 35.5. The molecule has 0 aliphatic rings. The summed E-state index contributed by atoms with van der Waals surface area (Å²) >= 11 is 5.98. The molecule has 0 amide bonds. The minimum atomic E-state index is -0.937. The van der Waals surface area contributed by atoms with E-state index < -0.39 is 5.97 Å². The first-order valence-corrected chi connectivity index (χ1v) is 6.61. The maximum atomic E-state index is 11.3. The minimum Gasteiger partial charge on any atom is -0.478 e. The molecule has 0 aliphatic heterocycles. The Hall–Kier alpha value is -1.80. The molecule has 19 heavy (non-hydrogen) atoms. The van der Waals surface area contributed by atoms with Crippen molar-refractivity contribution < 1.29 is 9.90 Å². The average molecular weight is 275 g/mol. The van der Waals surface area contributed by atoms with Crippen molar-refractivity contribution in [1.82, 2.24) is 0 Å². The van der Waals surface area contributed by atoms with Gasteiger partial charge in [0.2, 0.25) is 0 Å². The number of halogens is 1. The van der Waals surface area contributed by atoms with Gasteiger partial charge in [-0.05, 0) is 41.3 Å². The molecule has 0 unspecified atom stereocenters. The number of hydrogen-bond acceptors (Lipinski definition) is 1. The highest BCUT2D eigenvalue weighted by molar-refractivity contribution is 6.31. The first-order valence-electron chi connectivity index (χ1n) is 6.24. The minimum absolute atomic E-state index is 0.276. The van der Waals surface area contributed by atoms with Crippen molar-refractivity contribution in [3.63, 3.8) is 0 Å². The van der Waals surface area contributed by atoms with Crippen molar-refractivity contribution in [2.45, 2.75) is 19.8 Å². The van der Waals surface area contributed by atoms with Crippen LogP contribution in [-0.4, -0.2) is 11.1 Å². The highest BCUT2D eigenvalue weighted by Crippen LogP contribution is 2.28. The number of hydrogen-bond donors (Lipinski definition) is 1. The molecular weight excluding hydrogens is 260 g/mol. The molecule has 0 fully saturated rings. The largest absolute Gasteiger partial charge is 0.478 e. The van der Waals surface area contributed by atoms with Crippen LogP contribution in [-0.2, 0) is 6.42 Å². The van der Waals surface area contributed by atoms with Crippen LogP contribution in [0.15, 0.2) is 42.5 Å². The number of aryl methyl sites for hydroxylation is 1. The summed E-state index contributed by atoms with van der Waals surface area (Å²) in [6.45, 7) is 2.12. The lowest BCUT2D eigenvalue weighted by Crippen LogP contribution is -1.99. The predicted octanol–water partition coefficient (Wildman–Crippen LogP) is 4.66. The van der Waals surface area contributed by atoms with Crippen LogP contribution in [0.25, 0.3) is 11.1 Å². The average Bonchev–Trinajstić information content (AvgIpc) is 2.39. The molecule has 0 spiro atoms. The monoisotopic (exact) mass is 274 g/mol. The molecule has 0 saturated carbocycles. The van der Waals surface area contributed by atoms with Crippen LogP contribution in [0.3, 0.4) is 0 Å². The van der Waals surface area contributed by atoms with Gasteiger partial charge in [0, 0.05) is 5.02 Å². The molecule has 0 aromatic heterocycles. The Morgan fingerprint density at radius 1 is 1.21 bits per heavy atom. The van der Waals surface area contributed by atoms with Gasteiger partial charge in [0.05, 0.1) is 5.56 Å². The zero-order chi connectivity index (χ0) is 13.8. The molecule has 0 heterocycles. The topological polar surface area (TPSA) is 37.3 Å². The Kier molecular flexibility index (Phi) is 4.23. The molecule has 0 bridgehead atoms. The lowest BCUT2D eigenvalue weighted by molar-refractivity contribution is 0.0698. The Labute approximate surface area is 117 Å². The van der Waals surface area contributed by atoms with Gasteiger partial charge >= 0.3 is 5.97 Å². The van der Waals surface area contributed by atoms with Crippen LogP contribution in [0, 0.1) is 0 Å². The van der Waals surface area contributed by atoms with Crippen LogP contribution < -0.4 is 0 Å². The van der Waals surface area contributed by atoms with Gasteiger partial charge in [-0.1, -0.05) is 49.2 Å². The molecule has 0 saturated heterocycles. The Bertz CT molecular complexity index is 605. The predicted molar refractivity (Wildman–Crippen MR) is 77.8 cm³/mol. The SMILES string of the molecule is CCCc1cccc(-c2cc(Cl)ccc2C(=O)O)c1. The number of rotatable bonds is 4.